The normalized spacial score (nSPS) is 17.8. The van der Waals surface area contributed by atoms with Crippen molar-refractivity contribution < 1.29 is 0 Å². The van der Waals surface area contributed by atoms with Crippen molar-refractivity contribution in [3.8, 4) is 0 Å². The fraction of sp³-hybridized carbons (Fsp3) is 0.357. The van der Waals surface area contributed by atoms with Gasteiger partial charge < -0.3 is 5.73 Å². The minimum absolute atomic E-state index is 0.0875. The molecule has 0 spiro atoms. The number of anilines is 1. The Hall–Kier alpha value is -0.770. The van der Waals surface area contributed by atoms with E-state index in [-0.39, 0.29) is 5.41 Å². The van der Waals surface area contributed by atoms with Crippen molar-refractivity contribution in [2.45, 2.75) is 31.1 Å². The van der Waals surface area contributed by atoms with E-state index in [2.05, 4.69) is 17.1 Å². The number of benzene rings is 1. The van der Waals surface area contributed by atoms with E-state index >= 15 is 0 Å². The molecule has 5 heteroatoms. The van der Waals surface area contributed by atoms with Gasteiger partial charge in [0, 0.05) is 10.4 Å². The zero-order valence-electron chi connectivity index (χ0n) is 10.3. The molecule has 0 bridgehead atoms. The summed E-state index contributed by atoms with van der Waals surface area (Å²) in [5, 5.41) is 1.29. The molecule has 2 aromatic rings. The van der Waals surface area contributed by atoms with Crippen LogP contribution in [0.15, 0.2) is 24.3 Å². The molecule has 0 unspecified atom stereocenters. The third kappa shape index (κ3) is 2.24. The second-order valence-electron chi connectivity index (χ2n) is 4.97. The molecule has 1 saturated carbocycles. The zero-order chi connectivity index (χ0) is 13.5. The van der Waals surface area contributed by atoms with Crippen LogP contribution in [0.5, 0.6) is 0 Å². The molecule has 0 amide bonds. The molecule has 1 fully saturated rings. The van der Waals surface area contributed by atoms with Crippen molar-refractivity contribution in [1.29, 1.82) is 0 Å². The van der Waals surface area contributed by atoms with Crippen molar-refractivity contribution in [1.82, 2.24) is 4.98 Å². The average molecular weight is 313 g/mol. The summed E-state index contributed by atoms with van der Waals surface area (Å²) in [4.78, 5) is 4.49. The van der Waals surface area contributed by atoms with Crippen LogP contribution >= 0.6 is 34.5 Å². The van der Waals surface area contributed by atoms with Crippen molar-refractivity contribution in [2.75, 3.05) is 5.73 Å². The minimum Gasteiger partial charge on any atom is -0.375 e. The molecule has 0 atom stereocenters. The van der Waals surface area contributed by atoms with Crippen LogP contribution in [-0.2, 0) is 5.41 Å². The number of nitrogens with zero attached hydrogens (tertiary/aromatic N) is 1. The quantitative estimate of drug-likeness (QED) is 0.857. The Bertz CT molecular complexity index is 586. The molecule has 100 valence electrons. The Morgan fingerprint density at radius 2 is 1.74 bits per heavy atom. The predicted octanol–water partition coefficient (Wildman–Crippen LogP) is 4.89. The van der Waals surface area contributed by atoms with E-state index in [9.17, 15) is 0 Å². The van der Waals surface area contributed by atoms with Gasteiger partial charge in [-0.25, -0.2) is 4.98 Å². The molecule has 1 aromatic carbocycles. The number of aromatic nitrogens is 1. The number of nitrogens with two attached hydrogens (primary N) is 1. The van der Waals surface area contributed by atoms with Crippen molar-refractivity contribution >= 4 is 39.7 Å². The molecule has 0 aliphatic heterocycles. The summed E-state index contributed by atoms with van der Waals surface area (Å²) < 4.78 is 0.717. The molecule has 0 saturated heterocycles. The Labute approximate surface area is 126 Å². The molecular weight excluding hydrogens is 299 g/mol. The zero-order valence-corrected chi connectivity index (χ0v) is 12.7. The van der Waals surface area contributed by atoms with Gasteiger partial charge in [-0.05, 0) is 30.5 Å². The van der Waals surface area contributed by atoms with Crippen molar-refractivity contribution in [2.24, 2.45) is 0 Å². The molecule has 2 nitrogen and oxygen atoms in total. The lowest BCUT2D eigenvalue weighted by Crippen LogP contribution is -2.24. The van der Waals surface area contributed by atoms with Gasteiger partial charge in [0.2, 0.25) is 0 Å². The first-order chi connectivity index (χ1) is 9.12. The van der Waals surface area contributed by atoms with E-state index < -0.39 is 0 Å². The third-order valence-corrected chi connectivity index (χ3v) is 5.24. The molecule has 2 N–H and O–H groups in total. The lowest BCUT2D eigenvalue weighted by molar-refractivity contribution is 0.522. The van der Waals surface area contributed by atoms with Gasteiger partial charge in [0.05, 0.1) is 5.69 Å². The van der Waals surface area contributed by atoms with Gasteiger partial charge in [-0.3, -0.25) is 0 Å². The van der Waals surface area contributed by atoms with E-state index in [0.717, 1.165) is 23.6 Å². The van der Waals surface area contributed by atoms with Gasteiger partial charge in [-0.2, -0.15) is 0 Å². The summed E-state index contributed by atoms with van der Waals surface area (Å²) in [5.41, 5.74) is 7.90. The van der Waals surface area contributed by atoms with Crippen LogP contribution in [0.1, 0.15) is 36.9 Å². The number of nitrogen functional groups attached to an aromatic ring is 1. The maximum absolute atomic E-state index is 6.35. The summed E-state index contributed by atoms with van der Waals surface area (Å²) >= 11 is 13.7. The van der Waals surface area contributed by atoms with E-state index in [1.54, 1.807) is 0 Å². The molecule has 1 aliphatic rings. The van der Waals surface area contributed by atoms with Crippen LogP contribution in [0.3, 0.4) is 0 Å². The first-order valence-corrected chi connectivity index (χ1v) is 7.87. The van der Waals surface area contributed by atoms with Crippen LogP contribution in [0.2, 0.25) is 9.36 Å². The maximum atomic E-state index is 6.35. The summed E-state index contributed by atoms with van der Waals surface area (Å²) in [6.07, 6.45) is 4.52. The van der Waals surface area contributed by atoms with Crippen molar-refractivity contribution in [3.63, 3.8) is 0 Å². The van der Waals surface area contributed by atoms with E-state index in [1.807, 2.05) is 12.1 Å². The molecule has 1 aromatic heterocycles. The lowest BCUT2D eigenvalue weighted by Gasteiger charge is -2.28. The largest absolute Gasteiger partial charge is 0.375 e. The van der Waals surface area contributed by atoms with Gasteiger partial charge in [-0.15, -0.1) is 0 Å². The highest BCUT2D eigenvalue weighted by molar-refractivity contribution is 7.19. The van der Waals surface area contributed by atoms with Gasteiger partial charge in [-0.1, -0.05) is 59.5 Å². The smallest absolute Gasteiger partial charge is 0.181 e. The lowest BCUT2D eigenvalue weighted by atomic mass is 9.76. The predicted molar refractivity (Wildman–Crippen MR) is 82.2 cm³/mol. The SMILES string of the molecule is Nc1nc(C2(c3ccc(Cl)cc3)CCCC2)c(Cl)s1. The molecule has 19 heavy (non-hydrogen) atoms. The highest BCUT2D eigenvalue weighted by atomic mass is 35.5. The summed E-state index contributed by atoms with van der Waals surface area (Å²) in [5.74, 6) is 0. The van der Waals surface area contributed by atoms with Gasteiger partial charge in [0.1, 0.15) is 4.34 Å². The summed E-state index contributed by atoms with van der Waals surface area (Å²) in [7, 11) is 0. The summed E-state index contributed by atoms with van der Waals surface area (Å²) in [6.45, 7) is 0. The van der Waals surface area contributed by atoms with Crippen molar-refractivity contribution in [3.05, 3.63) is 44.9 Å². The second kappa shape index (κ2) is 4.97. The number of rotatable bonds is 2. The highest BCUT2D eigenvalue weighted by Gasteiger charge is 2.41. The van der Waals surface area contributed by atoms with E-state index in [1.165, 1.54) is 29.7 Å². The van der Waals surface area contributed by atoms with Gasteiger partial charge in [0.15, 0.2) is 5.13 Å². The number of hydrogen-bond acceptors (Lipinski definition) is 3. The molecule has 3 rings (SSSR count). The van der Waals surface area contributed by atoms with Crippen LogP contribution in [0, 0.1) is 0 Å². The van der Waals surface area contributed by atoms with Crippen LogP contribution in [0.4, 0.5) is 5.13 Å². The van der Waals surface area contributed by atoms with E-state index in [0.29, 0.717) is 9.47 Å². The Kier molecular flexibility index (Phi) is 3.46. The van der Waals surface area contributed by atoms with Gasteiger partial charge >= 0.3 is 0 Å². The maximum Gasteiger partial charge on any atom is 0.181 e. The highest BCUT2D eigenvalue weighted by Crippen LogP contribution is 2.49. The molecular formula is C14H14Cl2N2S. The number of thiazole rings is 1. The first-order valence-electron chi connectivity index (χ1n) is 6.30. The Balaban J connectivity index is 2.14. The van der Waals surface area contributed by atoms with E-state index in [4.69, 9.17) is 28.9 Å². The van der Waals surface area contributed by atoms with Crippen LogP contribution in [-0.4, -0.2) is 4.98 Å². The fourth-order valence-corrected chi connectivity index (χ4v) is 4.27. The number of halogens is 2. The Morgan fingerprint density at radius 1 is 1.11 bits per heavy atom. The van der Waals surface area contributed by atoms with Crippen LogP contribution < -0.4 is 5.73 Å². The average Bonchev–Trinajstić information content (AvgIpc) is 2.98. The summed E-state index contributed by atoms with van der Waals surface area (Å²) in [6, 6.07) is 8.03. The topological polar surface area (TPSA) is 38.9 Å². The second-order valence-corrected chi connectivity index (χ2v) is 7.04. The minimum atomic E-state index is -0.0875. The third-order valence-electron chi connectivity index (χ3n) is 3.91. The van der Waals surface area contributed by atoms with Crippen LogP contribution in [0.25, 0.3) is 0 Å². The molecule has 1 aliphatic carbocycles. The molecule has 1 heterocycles. The standard InChI is InChI=1S/C14H14Cl2N2S/c15-10-5-3-9(4-6-10)14(7-1-2-8-14)11-12(16)19-13(17)18-11/h3-6H,1-2,7-8H2,(H2,17,18). The van der Waals surface area contributed by atoms with Gasteiger partial charge in [0.25, 0.3) is 0 Å². The Morgan fingerprint density at radius 3 is 2.26 bits per heavy atom. The molecule has 0 radical (unpaired) electrons. The monoisotopic (exact) mass is 312 g/mol. The first kappa shape index (κ1) is 13.2. The number of hydrogen-bond donors (Lipinski definition) is 1. The fourth-order valence-electron chi connectivity index (χ4n) is 3.02.